The zero-order valence-corrected chi connectivity index (χ0v) is 19.8. The Kier molecular flexibility index (Phi) is 8.52. The molecule has 1 unspecified atom stereocenters. The van der Waals surface area contributed by atoms with Crippen LogP contribution in [0.1, 0.15) is 45.1 Å². The number of carboxylic acids is 1. The van der Waals surface area contributed by atoms with E-state index >= 15 is 0 Å². The van der Waals surface area contributed by atoms with Gasteiger partial charge in [0.1, 0.15) is 18.1 Å². The molecule has 1 fully saturated rings. The first-order chi connectivity index (χ1) is 16.6. The van der Waals surface area contributed by atoms with Gasteiger partial charge in [0.25, 0.3) is 0 Å². The smallest absolute Gasteiger partial charge is 0.475 e. The molecule has 1 amide bonds. The normalized spacial score (nSPS) is 17.9. The lowest BCUT2D eigenvalue weighted by molar-refractivity contribution is -0.192. The summed E-state index contributed by atoms with van der Waals surface area (Å²) >= 11 is 0. The van der Waals surface area contributed by atoms with Crippen molar-refractivity contribution in [2.75, 3.05) is 28.2 Å². The molecule has 0 spiro atoms. The van der Waals surface area contributed by atoms with E-state index in [0.717, 1.165) is 55.2 Å². The van der Waals surface area contributed by atoms with Gasteiger partial charge in [-0.1, -0.05) is 44.2 Å². The van der Waals surface area contributed by atoms with Gasteiger partial charge in [-0.3, -0.25) is 9.69 Å². The third-order valence-electron chi connectivity index (χ3n) is 5.74. The summed E-state index contributed by atoms with van der Waals surface area (Å²) in [6.07, 6.45) is 0.903. The van der Waals surface area contributed by atoms with Gasteiger partial charge < -0.3 is 15.3 Å². The number of anilines is 3. The molecule has 1 aromatic heterocycles. The van der Waals surface area contributed by atoms with Crippen LogP contribution >= 0.6 is 0 Å². The highest BCUT2D eigenvalue weighted by Crippen LogP contribution is 2.39. The lowest BCUT2D eigenvalue weighted by Crippen LogP contribution is -2.48. The second kappa shape index (κ2) is 11.4. The first kappa shape index (κ1) is 26.2. The number of halogens is 3. The number of amides is 1. The SMILES string of the molecule is CC(C)CC1Nc2ncnc(N3CCCCC3)c2N(Cc2ccccc2)C1=O.O=C(O)C(F)(F)F. The number of carbonyl (C=O) groups is 2. The summed E-state index contributed by atoms with van der Waals surface area (Å²) in [6.45, 7) is 6.78. The topological polar surface area (TPSA) is 98.7 Å². The third-order valence-corrected chi connectivity index (χ3v) is 5.74. The van der Waals surface area contributed by atoms with Gasteiger partial charge >= 0.3 is 12.1 Å². The molecule has 1 atom stereocenters. The molecule has 8 nitrogen and oxygen atoms in total. The average molecular weight is 494 g/mol. The number of carbonyl (C=O) groups excluding carboxylic acids is 1. The minimum absolute atomic E-state index is 0.109. The fraction of sp³-hybridized carbons (Fsp3) is 0.500. The molecule has 2 aromatic rings. The summed E-state index contributed by atoms with van der Waals surface area (Å²) in [5.74, 6) is -0.572. The van der Waals surface area contributed by atoms with Crippen LogP contribution in [-0.4, -0.2) is 52.3 Å². The number of alkyl halides is 3. The number of rotatable bonds is 5. The van der Waals surface area contributed by atoms with Crippen molar-refractivity contribution in [1.29, 1.82) is 0 Å². The Labute approximate surface area is 202 Å². The first-order valence-electron chi connectivity index (χ1n) is 11.6. The summed E-state index contributed by atoms with van der Waals surface area (Å²) in [5, 5.41) is 10.5. The van der Waals surface area contributed by atoms with E-state index < -0.39 is 12.1 Å². The molecule has 0 saturated carbocycles. The Morgan fingerprint density at radius 1 is 1.14 bits per heavy atom. The van der Waals surface area contributed by atoms with Crippen molar-refractivity contribution in [1.82, 2.24) is 9.97 Å². The number of piperidine rings is 1. The summed E-state index contributed by atoms with van der Waals surface area (Å²) in [7, 11) is 0. The number of benzene rings is 1. The van der Waals surface area contributed by atoms with Crippen LogP contribution in [0.2, 0.25) is 0 Å². The van der Waals surface area contributed by atoms with E-state index in [0.29, 0.717) is 12.5 Å². The predicted molar refractivity (Wildman–Crippen MR) is 126 cm³/mol. The van der Waals surface area contributed by atoms with Crippen molar-refractivity contribution >= 4 is 29.2 Å². The average Bonchev–Trinajstić information content (AvgIpc) is 2.82. The molecule has 1 aromatic carbocycles. The van der Waals surface area contributed by atoms with Gasteiger partial charge in [0, 0.05) is 13.1 Å². The van der Waals surface area contributed by atoms with E-state index in [2.05, 4.69) is 46.2 Å². The first-order valence-corrected chi connectivity index (χ1v) is 11.6. The summed E-state index contributed by atoms with van der Waals surface area (Å²) in [5.41, 5.74) is 1.94. The second-order valence-corrected chi connectivity index (χ2v) is 8.98. The minimum atomic E-state index is -5.08. The second-order valence-electron chi connectivity index (χ2n) is 8.98. The van der Waals surface area contributed by atoms with E-state index in [1.54, 1.807) is 6.33 Å². The van der Waals surface area contributed by atoms with Crippen LogP contribution in [0.25, 0.3) is 0 Å². The highest BCUT2D eigenvalue weighted by molar-refractivity contribution is 6.06. The maximum absolute atomic E-state index is 13.5. The highest BCUT2D eigenvalue weighted by Gasteiger charge is 2.38. The van der Waals surface area contributed by atoms with Gasteiger partial charge in [0.15, 0.2) is 11.6 Å². The van der Waals surface area contributed by atoms with Gasteiger partial charge in [-0.25, -0.2) is 14.8 Å². The molecule has 3 heterocycles. The highest BCUT2D eigenvalue weighted by atomic mass is 19.4. The van der Waals surface area contributed by atoms with Gasteiger partial charge in [-0.2, -0.15) is 13.2 Å². The molecule has 2 aliphatic heterocycles. The standard InChI is InChI=1S/C22H29N5O.C2HF3O2/c1-16(2)13-18-22(28)27(14-17-9-5-3-6-10-17)19-20(25-18)23-15-24-21(19)26-11-7-4-8-12-26;3-2(4,5)1(6)7/h3,5-6,9-10,15-16,18H,4,7-8,11-14H2,1-2H3,(H,23,24,25);(H,6,7). The lowest BCUT2D eigenvalue weighted by Gasteiger charge is -2.38. The minimum Gasteiger partial charge on any atom is -0.475 e. The molecule has 0 aliphatic carbocycles. The maximum Gasteiger partial charge on any atom is 0.490 e. The molecule has 2 aliphatic rings. The Hall–Kier alpha value is -3.37. The van der Waals surface area contributed by atoms with Gasteiger partial charge in [-0.05, 0) is 37.2 Å². The number of hydrogen-bond acceptors (Lipinski definition) is 6. The fourth-order valence-electron chi connectivity index (χ4n) is 4.14. The lowest BCUT2D eigenvalue weighted by atomic mass is 10.00. The molecular formula is C24H30F3N5O3. The quantitative estimate of drug-likeness (QED) is 0.634. The van der Waals surface area contributed by atoms with Crippen molar-refractivity contribution in [3.05, 3.63) is 42.2 Å². The van der Waals surface area contributed by atoms with Crippen molar-refractivity contribution in [2.24, 2.45) is 5.92 Å². The summed E-state index contributed by atoms with van der Waals surface area (Å²) in [4.78, 5) is 35.7. The van der Waals surface area contributed by atoms with Crippen molar-refractivity contribution in [2.45, 2.75) is 58.3 Å². The number of nitrogens with zero attached hydrogens (tertiary/aromatic N) is 4. The number of aliphatic carboxylic acids is 1. The van der Waals surface area contributed by atoms with Gasteiger partial charge in [-0.15, -0.1) is 0 Å². The molecule has 1 saturated heterocycles. The van der Waals surface area contributed by atoms with Crippen LogP contribution in [0.15, 0.2) is 36.7 Å². The van der Waals surface area contributed by atoms with Crippen molar-refractivity contribution < 1.29 is 27.9 Å². The molecule has 11 heteroatoms. The van der Waals surface area contributed by atoms with Crippen molar-refractivity contribution in [3.8, 4) is 0 Å². The Bertz CT molecular complexity index is 1010. The number of carboxylic acid groups (broad SMARTS) is 1. The molecule has 0 radical (unpaired) electrons. The monoisotopic (exact) mass is 493 g/mol. The molecule has 0 bridgehead atoms. The van der Waals surface area contributed by atoms with Crippen LogP contribution < -0.4 is 15.1 Å². The Balaban J connectivity index is 0.000000429. The molecule has 35 heavy (non-hydrogen) atoms. The van der Waals surface area contributed by atoms with Crippen LogP contribution in [0.3, 0.4) is 0 Å². The van der Waals surface area contributed by atoms with Crippen LogP contribution in [0.5, 0.6) is 0 Å². The largest absolute Gasteiger partial charge is 0.490 e. The molecule has 2 N–H and O–H groups in total. The van der Waals surface area contributed by atoms with E-state index in [4.69, 9.17) is 9.90 Å². The number of fused-ring (bicyclic) bond motifs is 1. The summed E-state index contributed by atoms with van der Waals surface area (Å²) in [6, 6.07) is 9.91. The zero-order valence-electron chi connectivity index (χ0n) is 19.8. The van der Waals surface area contributed by atoms with E-state index in [-0.39, 0.29) is 11.9 Å². The third kappa shape index (κ3) is 6.83. The van der Waals surface area contributed by atoms with E-state index in [9.17, 15) is 18.0 Å². The van der Waals surface area contributed by atoms with Gasteiger partial charge in [0.2, 0.25) is 5.91 Å². The van der Waals surface area contributed by atoms with Gasteiger partial charge in [0.05, 0.1) is 6.54 Å². The van der Waals surface area contributed by atoms with E-state index in [1.807, 2.05) is 23.1 Å². The maximum atomic E-state index is 13.5. The zero-order chi connectivity index (χ0) is 25.6. The Morgan fingerprint density at radius 2 is 1.77 bits per heavy atom. The van der Waals surface area contributed by atoms with E-state index in [1.165, 1.54) is 6.42 Å². The van der Waals surface area contributed by atoms with Crippen LogP contribution in [0, 0.1) is 5.92 Å². The van der Waals surface area contributed by atoms with Crippen LogP contribution in [-0.2, 0) is 16.1 Å². The summed E-state index contributed by atoms with van der Waals surface area (Å²) < 4.78 is 31.7. The Morgan fingerprint density at radius 3 is 2.34 bits per heavy atom. The number of hydrogen-bond donors (Lipinski definition) is 2. The molecular weight excluding hydrogens is 463 g/mol. The fourth-order valence-corrected chi connectivity index (χ4v) is 4.14. The van der Waals surface area contributed by atoms with Crippen LogP contribution in [0.4, 0.5) is 30.5 Å². The molecule has 190 valence electrons. The molecule has 4 rings (SSSR count). The number of aromatic nitrogens is 2. The van der Waals surface area contributed by atoms with Crippen molar-refractivity contribution in [3.63, 3.8) is 0 Å². The predicted octanol–water partition coefficient (Wildman–Crippen LogP) is 4.47. The number of nitrogens with one attached hydrogen (secondary N) is 1.